The first-order valence-electron chi connectivity index (χ1n) is 9.48. The predicted molar refractivity (Wildman–Crippen MR) is 109 cm³/mol. The van der Waals surface area contributed by atoms with E-state index in [0.29, 0.717) is 18.2 Å². The number of aromatic amines is 1. The van der Waals surface area contributed by atoms with Crippen LogP contribution >= 0.6 is 0 Å². The maximum Gasteiger partial charge on any atom is 0.272 e. The second-order valence-corrected chi connectivity index (χ2v) is 6.83. The maximum atomic E-state index is 12.6. The number of nitrogens with zero attached hydrogens (tertiary/aromatic N) is 3. The Kier molecular flexibility index (Phi) is 6.06. The van der Waals surface area contributed by atoms with Gasteiger partial charge in [-0.05, 0) is 37.5 Å². The van der Waals surface area contributed by atoms with E-state index in [-0.39, 0.29) is 5.91 Å². The Morgan fingerprint density at radius 1 is 1.26 bits per heavy atom. The molecule has 0 fully saturated rings. The van der Waals surface area contributed by atoms with Gasteiger partial charge < -0.3 is 15.2 Å². The molecule has 3 rings (SSSR count). The van der Waals surface area contributed by atoms with E-state index in [4.69, 9.17) is 0 Å². The molecule has 1 aromatic carbocycles. The van der Waals surface area contributed by atoms with Crippen LogP contribution in [0.2, 0.25) is 0 Å². The zero-order valence-electron chi connectivity index (χ0n) is 16.2. The fourth-order valence-corrected chi connectivity index (χ4v) is 3.10. The number of carbonyl (C=O) groups is 1. The van der Waals surface area contributed by atoms with Crippen molar-refractivity contribution in [2.45, 2.75) is 33.1 Å². The van der Waals surface area contributed by atoms with Gasteiger partial charge in [0.25, 0.3) is 5.91 Å². The number of anilines is 1. The van der Waals surface area contributed by atoms with Crippen LogP contribution in [0.5, 0.6) is 0 Å². The summed E-state index contributed by atoms with van der Waals surface area (Å²) in [6.07, 6.45) is 4.94. The SMILES string of the molecule is CCCCN(C)C(=O)c1cc(C)nc(NCCc2c[nH]c3ccccc23)n1. The normalized spacial score (nSPS) is 10.9. The van der Waals surface area contributed by atoms with Gasteiger partial charge in [0.1, 0.15) is 5.69 Å². The number of unbranched alkanes of at least 4 members (excludes halogenated alkanes) is 1. The number of rotatable bonds is 8. The van der Waals surface area contributed by atoms with Crippen LogP contribution in [0.15, 0.2) is 36.5 Å². The lowest BCUT2D eigenvalue weighted by molar-refractivity contribution is 0.0787. The van der Waals surface area contributed by atoms with Crippen molar-refractivity contribution >= 4 is 22.8 Å². The average Bonchev–Trinajstić information content (AvgIpc) is 3.08. The highest BCUT2D eigenvalue weighted by atomic mass is 16.2. The van der Waals surface area contributed by atoms with Crippen molar-refractivity contribution in [3.8, 4) is 0 Å². The molecule has 0 bridgehead atoms. The zero-order valence-corrected chi connectivity index (χ0v) is 16.2. The standard InChI is InChI=1S/C21H27N5O/c1-4-5-12-26(3)20(27)19-13-15(2)24-21(25-19)22-11-10-16-14-23-18-9-7-6-8-17(16)18/h6-9,13-14,23H,4-5,10-12H2,1-3H3,(H,22,24,25). The van der Waals surface area contributed by atoms with Crippen LogP contribution in [-0.4, -0.2) is 45.9 Å². The molecular weight excluding hydrogens is 338 g/mol. The first-order valence-corrected chi connectivity index (χ1v) is 9.48. The van der Waals surface area contributed by atoms with Gasteiger partial charge in [-0.3, -0.25) is 4.79 Å². The lowest BCUT2D eigenvalue weighted by Crippen LogP contribution is -2.29. The number of aryl methyl sites for hydroxylation is 1. The number of para-hydroxylation sites is 1. The minimum absolute atomic E-state index is 0.0615. The number of carbonyl (C=O) groups excluding carboxylic acids is 1. The number of fused-ring (bicyclic) bond motifs is 1. The molecule has 0 aliphatic heterocycles. The van der Waals surface area contributed by atoms with E-state index in [1.807, 2.05) is 32.3 Å². The molecule has 0 spiro atoms. The molecule has 0 radical (unpaired) electrons. The predicted octanol–water partition coefficient (Wildman–Crippen LogP) is 3.79. The molecule has 6 nitrogen and oxygen atoms in total. The summed E-state index contributed by atoms with van der Waals surface area (Å²) in [5, 5.41) is 4.49. The van der Waals surface area contributed by atoms with Gasteiger partial charge in [0.15, 0.2) is 0 Å². The quantitative estimate of drug-likeness (QED) is 0.637. The van der Waals surface area contributed by atoms with Crippen LogP contribution in [0.1, 0.15) is 41.5 Å². The second-order valence-electron chi connectivity index (χ2n) is 6.83. The van der Waals surface area contributed by atoms with E-state index in [1.165, 1.54) is 10.9 Å². The minimum Gasteiger partial charge on any atom is -0.361 e. The van der Waals surface area contributed by atoms with Crippen molar-refractivity contribution in [1.29, 1.82) is 0 Å². The van der Waals surface area contributed by atoms with Gasteiger partial charge in [-0.1, -0.05) is 31.5 Å². The molecule has 0 aliphatic rings. The van der Waals surface area contributed by atoms with E-state index >= 15 is 0 Å². The highest BCUT2D eigenvalue weighted by Gasteiger charge is 2.15. The number of benzene rings is 1. The van der Waals surface area contributed by atoms with Gasteiger partial charge in [0, 0.05) is 42.9 Å². The Morgan fingerprint density at radius 3 is 2.89 bits per heavy atom. The van der Waals surface area contributed by atoms with Gasteiger partial charge in [-0.25, -0.2) is 9.97 Å². The number of hydrogen-bond acceptors (Lipinski definition) is 4. The number of amides is 1. The van der Waals surface area contributed by atoms with Crippen LogP contribution in [0.3, 0.4) is 0 Å². The van der Waals surface area contributed by atoms with Crippen molar-refractivity contribution < 1.29 is 4.79 Å². The molecule has 6 heteroatoms. The molecule has 1 amide bonds. The lowest BCUT2D eigenvalue weighted by Gasteiger charge is -2.17. The molecule has 3 aromatic rings. The Morgan fingerprint density at radius 2 is 2.07 bits per heavy atom. The summed E-state index contributed by atoms with van der Waals surface area (Å²) in [7, 11) is 1.82. The van der Waals surface area contributed by atoms with Gasteiger partial charge in [0.05, 0.1) is 0 Å². The first-order chi connectivity index (χ1) is 13.1. The molecule has 2 N–H and O–H groups in total. The summed E-state index contributed by atoms with van der Waals surface area (Å²) < 4.78 is 0. The topological polar surface area (TPSA) is 73.9 Å². The molecule has 0 saturated carbocycles. The highest BCUT2D eigenvalue weighted by molar-refractivity contribution is 5.92. The van der Waals surface area contributed by atoms with E-state index in [1.54, 1.807) is 11.0 Å². The van der Waals surface area contributed by atoms with Crippen LogP contribution in [0, 0.1) is 6.92 Å². The first kappa shape index (κ1) is 18.9. The van der Waals surface area contributed by atoms with Crippen molar-refractivity contribution in [2.24, 2.45) is 0 Å². The van der Waals surface area contributed by atoms with Crippen LogP contribution in [0.4, 0.5) is 5.95 Å². The number of H-pyrrole nitrogens is 1. The van der Waals surface area contributed by atoms with Crippen LogP contribution in [0.25, 0.3) is 10.9 Å². The summed E-state index contributed by atoms with van der Waals surface area (Å²) in [4.78, 5) is 26.4. The molecule has 2 aromatic heterocycles. The van der Waals surface area contributed by atoms with E-state index in [0.717, 1.165) is 37.0 Å². The number of nitrogens with one attached hydrogen (secondary N) is 2. The third kappa shape index (κ3) is 4.64. The van der Waals surface area contributed by atoms with Crippen molar-refractivity contribution in [1.82, 2.24) is 19.9 Å². The molecule has 27 heavy (non-hydrogen) atoms. The molecule has 142 valence electrons. The van der Waals surface area contributed by atoms with E-state index in [2.05, 4.69) is 39.3 Å². The minimum atomic E-state index is -0.0615. The third-order valence-electron chi connectivity index (χ3n) is 4.62. The summed E-state index contributed by atoms with van der Waals surface area (Å²) in [5.74, 6) is 0.440. The van der Waals surface area contributed by atoms with Gasteiger partial charge in [-0.15, -0.1) is 0 Å². The summed E-state index contributed by atoms with van der Waals surface area (Å²) in [6, 6.07) is 10.0. The van der Waals surface area contributed by atoms with Crippen molar-refractivity contribution in [3.05, 3.63) is 53.5 Å². The Hall–Kier alpha value is -2.89. The van der Waals surface area contributed by atoms with Gasteiger partial charge in [0.2, 0.25) is 5.95 Å². The number of aromatic nitrogens is 3. The van der Waals surface area contributed by atoms with Crippen LogP contribution < -0.4 is 5.32 Å². The Labute approximate surface area is 160 Å². The monoisotopic (exact) mass is 365 g/mol. The Bertz CT molecular complexity index is 918. The molecular formula is C21H27N5O. The maximum absolute atomic E-state index is 12.6. The Balaban J connectivity index is 1.65. The van der Waals surface area contributed by atoms with Crippen molar-refractivity contribution in [2.75, 3.05) is 25.5 Å². The molecule has 0 atom stereocenters. The van der Waals surface area contributed by atoms with E-state index < -0.39 is 0 Å². The molecule has 0 unspecified atom stereocenters. The molecule has 0 aliphatic carbocycles. The summed E-state index contributed by atoms with van der Waals surface area (Å²) in [6.45, 7) is 5.44. The highest BCUT2D eigenvalue weighted by Crippen LogP contribution is 2.18. The third-order valence-corrected chi connectivity index (χ3v) is 4.62. The summed E-state index contributed by atoms with van der Waals surface area (Å²) in [5.41, 5.74) is 3.62. The van der Waals surface area contributed by atoms with Gasteiger partial charge >= 0.3 is 0 Å². The lowest BCUT2D eigenvalue weighted by atomic mass is 10.1. The van der Waals surface area contributed by atoms with Crippen LogP contribution in [-0.2, 0) is 6.42 Å². The average molecular weight is 365 g/mol. The van der Waals surface area contributed by atoms with E-state index in [9.17, 15) is 4.79 Å². The second kappa shape index (κ2) is 8.66. The fourth-order valence-electron chi connectivity index (χ4n) is 3.10. The molecule has 2 heterocycles. The smallest absolute Gasteiger partial charge is 0.272 e. The molecule has 0 saturated heterocycles. The van der Waals surface area contributed by atoms with Gasteiger partial charge in [-0.2, -0.15) is 0 Å². The van der Waals surface area contributed by atoms with Crippen molar-refractivity contribution in [3.63, 3.8) is 0 Å². The largest absolute Gasteiger partial charge is 0.361 e. The summed E-state index contributed by atoms with van der Waals surface area (Å²) >= 11 is 0. The fraction of sp³-hybridized carbons (Fsp3) is 0.381. The zero-order chi connectivity index (χ0) is 19.2. The number of hydrogen-bond donors (Lipinski definition) is 2.